The minimum Gasteiger partial charge on any atom is -0.481 e. The first-order chi connectivity index (χ1) is 12.3. The molecular formula is C16H18N4O6. The highest BCUT2D eigenvalue weighted by Gasteiger charge is 2.49. The molecule has 1 aliphatic heterocycles. The van der Waals surface area contributed by atoms with Gasteiger partial charge in [-0.05, 0) is 13.0 Å². The number of carboxylic acids is 1. The van der Waals surface area contributed by atoms with Gasteiger partial charge in [0.15, 0.2) is 17.5 Å². The summed E-state index contributed by atoms with van der Waals surface area (Å²) in [5.74, 6) is -1.46. The highest BCUT2D eigenvalue weighted by atomic mass is 16.5. The molecule has 2 unspecified atom stereocenters. The lowest BCUT2D eigenvalue weighted by Gasteiger charge is -2.36. The van der Waals surface area contributed by atoms with Gasteiger partial charge >= 0.3 is 5.97 Å². The largest absolute Gasteiger partial charge is 0.481 e. The maximum absolute atomic E-state index is 12.6. The van der Waals surface area contributed by atoms with E-state index in [1.807, 2.05) is 0 Å². The zero-order valence-corrected chi connectivity index (χ0v) is 14.2. The van der Waals surface area contributed by atoms with Crippen LogP contribution >= 0.6 is 0 Å². The molecule has 138 valence electrons. The Bertz CT molecular complexity index is 834. The normalized spacial score (nSPS) is 19.9. The number of rotatable bonds is 5. The van der Waals surface area contributed by atoms with Gasteiger partial charge in [0.2, 0.25) is 5.88 Å². The maximum atomic E-state index is 12.6. The standard InChI is InChI=1S/C16H18N4O6/c1-16(24,15(22)23)13-14(21)19(7-8-26-13)11-4-6-20(18-11)10-3-5-17-12(9-10)25-2/h3-6,9,13,24H,7-8H2,1-2H3,(H,22,23). The predicted octanol–water partition coefficient (Wildman–Crippen LogP) is -0.157. The number of morpholine rings is 1. The van der Waals surface area contributed by atoms with Crippen LogP contribution in [0.15, 0.2) is 30.6 Å². The average molecular weight is 362 g/mol. The van der Waals surface area contributed by atoms with Crippen LogP contribution in [0.4, 0.5) is 5.82 Å². The Morgan fingerprint density at radius 2 is 2.23 bits per heavy atom. The number of aliphatic hydroxyl groups is 1. The number of nitrogens with zero attached hydrogens (tertiary/aromatic N) is 4. The highest BCUT2D eigenvalue weighted by Crippen LogP contribution is 2.24. The lowest BCUT2D eigenvalue weighted by Crippen LogP contribution is -2.60. The molecule has 10 nitrogen and oxygen atoms in total. The molecule has 0 aliphatic carbocycles. The van der Waals surface area contributed by atoms with Crippen molar-refractivity contribution in [3.8, 4) is 11.6 Å². The Labute approximate surface area is 148 Å². The molecule has 0 bridgehead atoms. The first-order valence-corrected chi connectivity index (χ1v) is 7.79. The third-order valence-corrected chi connectivity index (χ3v) is 4.08. The van der Waals surface area contributed by atoms with Crippen molar-refractivity contribution in [3.05, 3.63) is 30.6 Å². The molecule has 1 aliphatic rings. The summed E-state index contributed by atoms with van der Waals surface area (Å²) in [5.41, 5.74) is -1.66. The van der Waals surface area contributed by atoms with E-state index in [0.29, 0.717) is 17.4 Å². The van der Waals surface area contributed by atoms with Gasteiger partial charge in [0.05, 0.1) is 25.9 Å². The number of aromatic nitrogens is 3. The number of carbonyl (C=O) groups is 2. The molecule has 1 amide bonds. The highest BCUT2D eigenvalue weighted by molar-refractivity contribution is 6.00. The quantitative estimate of drug-likeness (QED) is 0.751. The fraction of sp³-hybridized carbons (Fsp3) is 0.375. The van der Waals surface area contributed by atoms with Crippen molar-refractivity contribution >= 4 is 17.7 Å². The number of methoxy groups -OCH3 is 1. The van der Waals surface area contributed by atoms with Crippen LogP contribution in [-0.2, 0) is 14.3 Å². The van der Waals surface area contributed by atoms with Crippen LogP contribution in [0, 0.1) is 0 Å². The van der Waals surface area contributed by atoms with Gasteiger partial charge in [-0.3, -0.25) is 9.69 Å². The van der Waals surface area contributed by atoms with Gasteiger partial charge in [0.1, 0.15) is 0 Å². The monoisotopic (exact) mass is 362 g/mol. The maximum Gasteiger partial charge on any atom is 0.338 e. The molecular weight excluding hydrogens is 344 g/mol. The number of hydrogen-bond donors (Lipinski definition) is 2. The molecule has 2 aromatic rings. The van der Waals surface area contributed by atoms with Crippen molar-refractivity contribution in [1.82, 2.24) is 14.8 Å². The SMILES string of the molecule is COc1cc(-n2ccc(N3CCOC(C(C)(O)C(=O)O)C3=O)n2)ccn1. The Hall–Kier alpha value is -2.98. The molecule has 3 heterocycles. The smallest absolute Gasteiger partial charge is 0.338 e. The molecule has 1 saturated heterocycles. The molecule has 1 fully saturated rings. The fourth-order valence-corrected chi connectivity index (χ4v) is 2.58. The Morgan fingerprint density at radius 3 is 2.92 bits per heavy atom. The number of aliphatic carboxylic acids is 1. The van der Waals surface area contributed by atoms with Crippen LogP contribution in [0.2, 0.25) is 0 Å². The van der Waals surface area contributed by atoms with Gasteiger partial charge in [-0.1, -0.05) is 0 Å². The minimum atomic E-state index is -2.34. The van der Waals surface area contributed by atoms with Crippen LogP contribution in [0.25, 0.3) is 5.69 Å². The van der Waals surface area contributed by atoms with E-state index in [0.717, 1.165) is 6.92 Å². The molecule has 3 rings (SSSR count). The van der Waals surface area contributed by atoms with E-state index in [4.69, 9.17) is 14.6 Å². The summed E-state index contributed by atoms with van der Waals surface area (Å²) in [7, 11) is 1.50. The van der Waals surface area contributed by atoms with Crippen LogP contribution in [0.5, 0.6) is 5.88 Å². The molecule has 0 saturated carbocycles. The van der Waals surface area contributed by atoms with Crippen molar-refractivity contribution in [2.75, 3.05) is 25.2 Å². The summed E-state index contributed by atoms with van der Waals surface area (Å²) < 4.78 is 11.8. The van der Waals surface area contributed by atoms with Gasteiger partial charge in [-0.2, -0.15) is 0 Å². The first kappa shape index (κ1) is 17.8. The van der Waals surface area contributed by atoms with Crippen molar-refractivity contribution < 1.29 is 29.3 Å². The second-order valence-corrected chi connectivity index (χ2v) is 5.87. The zero-order chi connectivity index (χ0) is 18.9. The average Bonchev–Trinajstić information content (AvgIpc) is 3.11. The molecule has 2 N–H and O–H groups in total. The van der Waals surface area contributed by atoms with E-state index in [2.05, 4.69) is 10.1 Å². The number of carboxylic acid groups (broad SMARTS) is 1. The third-order valence-electron chi connectivity index (χ3n) is 4.08. The van der Waals surface area contributed by atoms with Crippen LogP contribution in [0.1, 0.15) is 6.92 Å². The zero-order valence-electron chi connectivity index (χ0n) is 14.2. The Morgan fingerprint density at radius 1 is 1.46 bits per heavy atom. The number of hydrogen-bond acceptors (Lipinski definition) is 7. The number of ether oxygens (including phenoxy) is 2. The summed E-state index contributed by atoms with van der Waals surface area (Å²) in [5, 5.41) is 23.6. The minimum absolute atomic E-state index is 0.0791. The van der Waals surface area contributed by atoms with E-state index < -0.39 is 23.6 Å². The molecule has 2 aromatic heterocycles. The topological polar surface area (TPSA) is 127 Å². The lowest BCUT2D eigenvalue weighted by molar-refractivity contribution is -0.180. The fourth-order valence-electron chi connectivity index (χ4n) is 2.58. The molecule has 26 heavy (non-hydrogen) atoms. The number of anilines is 1. The predicted molar refractivity (Wildman–Crippen MR) is 88.3 cm³/mol. The van der Waals surface area contributed by atoms with Crippen LogP contribution in [0.3, 0.4) is 0 Å². The Kier molecular flexibility index (Phi) is 4.62. The van der Waals surface area contributed by atoms with Crippen molar-refractivity contribution in [2.45, 2.75) is 18.6 Å². The lowest BCUT2D eigenvalue weighted by atomic mass is 9.97. The second-order valence-electron chi connectivity index (χ2n) is 5.87. The molecule has 0 radical (unpaired) electrons. The van der Waals surface area contributed by atoms with Gasteiger partial charge in [-0.25, -0.2) is 14.5 Å². The molecule has 2 atom stereocenters. The van der Waals surface area contributed by atoms with Gasteiger partial charge in [0.25, 0.3) is 5.91 Å². The Balaban J connectivity index is 1.86. The van der Waals surface area contributed by atoms with E-state index in [9.17, 15) is 14.7 Å². The van der Waals surface area contributed by atoms with E-state index in [1.165, 1.54) is 16.7 Å². The number of amides is 1. The van der Waals surface area contributed by atoms with E-state index in [-0.39, 0.29) is 13.2 Å². The summed E-state index contributed by atoms with van der Waals surface area (Å²) in [6.45, 7) is 1.31. The second kappa shape index (κ2) is 6.73. The molecule has 10 heteroatoms. The summed E-state index contributed by atoms with van der Waals surface area (Å²) in [6, 6.07) is 5.01. The molecule has 0 aromatic carbocycles. The van der Waals surface area contributed by atoms with Gasteiger partial charge in [-0.15, -0.1) is 5.10 Å². The first-order valence-electron chi connectivity index (χ1n) is 7.79. The van der Waals surface area contributed by atoms with Crippen LogP contribution < -0.4 is 9.64 Å². The number of pyridine rings is 1. The van der Waals surface area contributed by atoms with Crippen molar-refractivity contribution in [3.63, 3.8) is 0 Å². The third kappa shape index (κ3) is 3.11. The van der Waals surface area contributed by atoms with E-state index in [1.54, 1.807) is 30.6 Å². The molecule has 0 spiro atoms. The van der Waals surface area contributed by atoms with Gasteiger partial charge in [0, 0.05) is 24.5 Å². The summed E-state index contributed by atoms with van der Waals surface area (Å²) in [4.78, 5) is 29.2. The summed E-state index contributed by atoms with van der Waals surface area (Å²) in [6.07, 6.45) is 1.70. The van der Waals surface area contributed by atoms with Crippen LogP contribution in [-0.4, -0.2) is 68.8 Å². The van der Waals surface area contributed by atoms with Crippen molar-refractivity contribution in [2.24, 2.45) is 0 Å². The summed E-state index contributed by atoms with van der Waals surface area (Å²) >= 11 is 0. The van der Waals surface area contributed by atoms with Crippen molar-refractivity contribution in [1.29, 1.82) is 0 Å². The van der Waals surface area contributed by atoms with E-state index >= 15 is 0 Å². The van der Waals surface area contributed by atoms with Gasteiger partial charge < -0.3 is 19.7 Å². The number of carbonyl (C=O) groups excluding carboxylic acids is 1.